The number of phenols is 1. The van der Waals surface area contributed by atoms with Crippen LogP contribution in [0.25, 0.3) is 16.0 Å². The second kappa shape index (κ2) is 7.56. The van der Waals surface area contributed by atoms with E-state index < -0.39 is 6.17 Å². The zero-order valence-electron chi connectivity index (χ0n) is 16.1. The molecule has 0 amide bonds. The van der Waals surface area contributed by atoms with Crippen LogP contribution in [0.5, 0.6) is 11.5 Å². The van der Waals surface area contributed by atoms with E-state index in [0.29, 0.717) is 36.6 Å². The number of fused-ring (bicyclic) bond motifs is 1. The van der Waals surface area contributed by atoms with Crippen LogP contribution in [0.2, 0.25) is 0 Å². The monoisotopic (exact) mass is 405 g/mol. The molecule has 0 aliphatic carbocycles. The summed E-state index contributed by atoms with van der Waals surface area (Å²) in [7, 11) is 3.52. The molecular formula is C19H24FN5O2S. The van der Waals surface area contributed by atoms with Gasteiger partial charge >= 0.3 is 0 Å². The van der Waals surface area contributed by atoms with Crippen molar-refractivity contribution in [3.63, 3.8) is 0 Å². The number of nitrogens with zero attached hydrogens (tertiary/aromatic N) is 4. The Labute approximate surface area is 166 Å². The molecule has 1 aliphatic rings. The molecule has 0 radical (unpaired) electrons. The van der Waals surface area contributed by atoms with Gasteiger partial charge in [-0.1, -0.05) is 11.3 Å². The molecule has 1 saturated heterocycles. The number of hydrogen-bond acceptors (Lipinski definition) is 7. The number of phenolic OH excluding ortho intramolecular Hbond substituents is 1. The Morgan fingerprint density at radius 1 is 1.39 bits per heavy atom. The maximum absolute atomic E-state index is 13.7. The van der Waals surface area contributed by atoms with Gasteiger partial charge in [-0.2, -0.15) is 4.98 Å². The SMILES string of the molecule is COc1cc(C)c(-n2cc3sc(NC[C@@H]4C[C@@H](F)CN(C)C4)nc3n2)c(O)c1. The van der Waals surface area contributed by atoms with Crippen molar-refractivity contribution in [1.82, 2.24) is 19.7 Å². The molecule has 7 nitrogen and oxygen atoms in total. The van der Waals surface area contributed by atoms with E-state index in [2.05, 4.69) is 15.4 Å². The average molecular weight is 405 g/mol. The molecule has 1 aliphatic heterocycles. The lowest BCUT2D eigenvalue weighted by molar-refractivity contribution is 0.122. The van der Waals surface area contributed by atoms with Gasteiger partial charge in [0, 0.05) is 25.7 Å². The molecule has 28 heavy (non-hydrogen) atoms. The number of nitrogens with one attached hydrogen (secondary N) is 1. The Kier molecular flexibility index (Phi) is 5.11. The van der Waals surface area contributed by atoms with Crippen molar-refractivity contribution >= 4 is 26.8 Å². The summed E-state index contributed by atoms with van der Waals surface area (Å²) in [5.74, 6) is 0.970. The van der Waals surface area contributed by atoms with Gasteiger partial charge < -0.3 is 20.1 Å². The van der Waals surface area contributed by atoms with E-state index in [1.807, 2.05) is 31.1 Å². The number of thiazole rings is 1. The topological polar surface area (TPSA) is 75.4 Å². The van der Waals surface area contributed by atoms with E-state index >= 15 is 0 Å². The summed E-state index contributed by atoms with van der Waals surface area (Å²) >= 11 is 1.50. The standard InChI is InChI=1S/C19H24FN5O2S/c1-11-4-14(27-3)6-15(26)17(11)25-10-16-18(23-25)22-19(28-16)21-7-12-5-13(20)9-24(2)8-12/h4,6,10,12-13,26H,5,7-9H2,1-3H3,(H,21,22,23)/t12-,13+/m0/s1. The number of hydrogen-bond donors (Lipinski definition) is 2. The Bertz CT molecular complexity index is 924. The number of aromatic hydroxyl groups is 1. The first-order valence-corrected chi connectivity index (χ1v) is 10.0. The van der Waals surface area contributed by atoms with Gasteiger partial charge in [0.15, 0.2) is 10.8 Å². The van der Waals surface area contributed by atoms with Crippen LogP contribution >= 0.6 is 11.3 Å². The maximum atomic E-state index is 13.7. The summed E-state index contributed by atoms with van der Waals surface area (Å²) in [4.78, 5) is 6.57. The average Bonchev–Trinajstić information content (AvgIpc) is 3.17. The molecule has 3 aromatic rings. The van der Waals surface area contributed by atoms with Crippen LogP contribution in [0, 0.1) is 12.8 Å². The minimum atomic E-state index is -0.760. The summed E-state index contributed by atoms with van der Waals surface area (Å²) in [6, 6.07) is 3.42. The van der Waals surface area contributed by atoms with Gasteiger partial charge in [-0.3, -0.25) is 0 Å². The minimum absolute atomic E-state index is 0.104. The second-order valence-corrected chi connectivity index (χ2v) is 8.42. The summed E-state index contributed by atoms with van der Waals surface area (Å²) in [5.41, 5.74) is 2.08. The van der Waals surface area contributed by atoms with E-state index in [1.165, 1.54) is 11.3 Å². The number of aromatic nitrogens is 3. The van der Waals surface area contributed by atoms with Gasteiger partial charge in [-0.15, -0.1) is 5.10 Å². The maximum Gasteiger partial charge on any atom is 0.194 e. The molecule has 9 heteroatoms. The van der Waals surface area contributed by atoms with Crippen LogP contribution in [0.4, 0.5) is 9.52 Å². The largest absolute Gasteiger partial charge is 0.506 e. The molecule has 1 aromatic carbocycles. The highest BCUT2D eigenvalue weighted by Crippen LogP contribution is 2.33. The number of benzene rings is 1. The van der Waals surface area contributed by atoms with Crippen molar-refractivity contribution in [2.75, 3.05) is 39.1 Å². The van der Waals surface area contributed by atoms with Crippen LogP contribution in [0.15, 0.2) is 18.3 Å². The smallest absolute Gasteiger partial charge is 0.194 e. The van der Waals surface area contributed by atoms with Crippen molar-refractivity contribution in [3.05, 3.63) is 23.9 Å². The van der Waals surface area contributed by atoms with Crippen molar-refractivity contribution in [2.24, 2.45) is 5.92 Å². The van der Waals surface area contributed by atoms with Crippen LogP contribution < -0.4 is 10.1 Å². The predicted octanol–water partition coefficient (Wildman–Crippen LogP) is 3.21. The predicted molar refractivity (Wildman–Crippen MR) is 109 cm³/mol. The fraction of sp³-hybridized carbons (Fsp3) is 0.474. The zero-order valence-corrected chi connectivity index (χ0v) is 17.0. The summed E-state index contributed by atoms with van der Waals surface area (Å²) in [6.07, 6.45) is 1.69. The van der Waals surface area contributed by atoms with Gasteiger partial charge in [0.1, 0.15) is 23.4 Å². The molecule has 150 valence electrons. The van der Waals surface area contributed by atoms with Crippen LogP contribution in [-0.4, -0.2) is 64.7 Å². The van der Waals surface area contributed by atoms with Gasteiger partial charge in [-0.25, -0.2) is 9.07 Å². The lowest BCUT2D eigenvalue weighted by atomic mass is 9.97. The fourth-order valence-electron chi connectivity index (χ4n) is 3.80. The Balaban J connectivity index is 1.50. The third-order valence-electron chi connectivity index (χ3n) is 5.01. The Hall–Kier alpha value is -2.39. The van der Waals surface area contributed by atoms with Crippen molar-refractivity contribution in [1.29, 1.82) is 0 Å². The zero-order chi connectivity index (χ0) is 19.8. The molecule has 0 unspecified atom stereocenters. The molecule has 4 rings (SSSR count). The first kappa shape index (κ1) is 18.9. The van der Waals surface area contributed by atoms with E-state index in [1.54, 1.807) is 17.9 Å². The highest BCUT2D eigenvalue weighted by atomic mass is 32.1. The lowest BCUT2D eigenvalue weighted by Crippen LogP contribution is -2.41. The first-order chi connectivity index (χ1) is 13.4. The summed E-state index contributed by atoms with van der Waals surface area (Å²) in [5, 5.41) is 19.0. The number of aryl methyl sites for hydroxylation is 1. The Morgan fingerprint density at radius 3 is 2.89 bits per heavy atom. The number of halogens is 1. The van der Waals surface area contributed by atoms with Crippen LogP contribution in [0.3, 0.4) is 0 Å². The number of alkyl halides is 1. The molecule has 2 aromatic heterocycles. The van der Waals surface area contributed by atoms with Gasteiger partial charge in [0.2, 0.25) is 0 Å². The number of likely N-dealkylation sites (tertiary alicyclic amines) is 1. The van der Waals surface area contributed by atoms with Gasteiger partial charge in [-0.05, 0) is 37.9 Å². The second-order valence-electron chi connectivity index (χ2n) is 7.39. The summed E-state index contributed by atoms with van der Waals surface area (Å²) in [6.45, 7) is 3.99. The van der Waals surface area contributed by atoms with E-state index in [0.717, 1.165) is 21.9 Å². The third-order valence-corrected chi connectivity index (χ3v) is 5.94. The number of methoxy groups -OCH3 is 1. The number of rotatable bonds is 5. The molecule has 3 heterocycles. The van der Waals surface area contributed by atoms with Crippen molar-refractivity contribution in [3.8, 4) is 17.2 Å². The van der Waals surface area contributed by atoms with Crippen molar-refractivity contribution < 1.29 is 14.2 Å². The van der Waals surface area contributed by atoms with Gasteiger partial charge in [0.25, 0.3) is 0 Å². The van der Waals surface area contributed by atoms with E-state index in [-0.39, 0.29) is 11.7 Å². The molecule has 1 fully saturated rings. The number of piperidine rings is 1. The number of anilines is 1. The molecule has 0 spiro atoms. The van der Waals surface area contributed by atoms with Crippen LogP contribution in [-0.2, 0) is 0 Å². The van der Waals surface area contributed by atoms with E-state index in [4.69, 9.17) is 4.74 Å². The summed E-state index contributed by atoms with van der Waals surface area (Å²) < 4.78 is 21.5. The highest BCUT2D eigenvalue weighted by molar-refractivity contribution is 7.22. The minimum Gasteiger partial charge on any atom is -0.506 e. The fourth-order valence-corrected chi connectivity index (χ4v) is 4.63. The quantitative estimate of drug-likeness (QED) is 0.679. The number of ether oxygens (including phenoxy) is 1. The normalized spacial score (nSPS) is 20.6. The third kappa shape index (κ3) is 3.77. The molecule has 0 bridgehead atoms. The molecule has 2 atom stereocenters. The Morgan fingerprint density at radius 2 is 2.21 bits per heavy atom. The molecule has 2 N–H and O–H groups in total. The highest BCUT2D eigenvalue weighted by Gasteiger charge is 2.25. The van der Waals surface area contributed by atoms with Crippen LogP contribution in [0.1, 0.15) is 12.0 Å². The van der Waals surface area contributed by atoms with E-state index in [9.17, 15) is 9.50 Å². The molecular weight excluding hydrogens is 381 g/mol. The molecule has 0 saturated carbocycles. The van der Waals surface area contributed by atoms with Gasteiger partial charge in [0.05, 0.1) is 18.0 Å². The lowest BCUT2D eigenvalue weighted by Gasteiger charge is -2.32. The first-order valence-electron chi connectivity index (χ1n) is 9.23. The van der Waals surface area contributed by atoms with Crippen molar-refractivity contribution in [2.45, 2.75) is 19.5 Å².